The summed E-state index contributed by atoms with van der Waals surface area (Å²) in [5, 5.41) is 2.90. The lowest BCUT2D eigenvalue weighted by molar-refractivity contribution is -0.222. The fraction of sp³-hybridized carbons (Fsp3) is 0.211. The number of benzene rings is 1. The van der Waals surface area contributed by atoms with E-state index in [1.807, 2.05) is 19.1 Å². The molecule has 1 aromatic heterocycles. The van der Waals surface area contributed by atoms with Gasteiger partial charge < -0.3 is 19.5 Å². The Hall–Kier alpha value is -3.35. The molecule has 0 aliphatic carbocycles. The van der Waals surface area contributed by atoms with E-state index in [4.69, 9.17) is 14.2 Å². The van der Waals surface area contributed by atoms with Crippen LogP contribution in [0.25, 0.3) is 0 Å². The molecular weight excluding hydrogens is 336 g/mol. The number of ether oxygens (including phenoxy) is 3. The van der Waals surface area contributed by atoms with Crippen molar-refractivity contribution in [1.82, 2.24) is 4.98 Å². The number of pyridine rings is 1. The molecular formula is C19H18N2O5. The molecule has 7 heteroatoms. The van der Waals surface area contributed by atoms with Crippen LogP contribution in [0.4, 0.5) is 5.69 Å². The summed E-state index contributed by atoms with van der Waals surface area (Å²) >= 11 is 0. The maximum Gasteiger partial charge on any atom is 0.350 e. The van der Waals surface area contributed by atoms with Gasteiger partial charge in [-0.2, -0.15) is 0 Å². The van der Waals surface area contributed by atoms with E-state index in [1.54, 1.807) is 30.6 Å². The van der Waals surface area contributed by atoms with Crippen molar-refractivity contribution in [3.05, 3.63) is 60.1 Å². The summed E-state index contributed by atoms with van der Waals surface area (Å²) in [7, 11) is 0. The number of aromatic nitrogens is 1. The van der Waals surface area contributed by atoms with Gasteiger partial charge >= 0.3 is 11.9 Å². The normalized spacial score (nSPS) is 15.7. The van der Waals surface area contributed by atoms with Crippen LogP contribution in [0.15, 0.2) is 54.5 Å². The standard InChI is InChI=1S/C19H18N2O5/c1-12-9-13(6-7-16(12)24-14-5-4-8-20-10-14)21-11-15-17(22)25-19(2,3)26-18(15)23/h4-11,21H,1-3H3. The molecule has 0 spiro atoms. The molecule has 2 aromatic rings. The Balaban J connectivity index is 1.72. The molecule has 7 nitrogen and oxygen atoms in total. The van der Waals surface area contributed by atoms with Crippen molar-refractivity contribution in [3.8, 4) is 11.5 Å². The number of nitrogens with zero attached hydrogens (tertiary/aromatic N) is 1. The maximum absolute atomic E-state index is 11.9. The number of hydrogen-bond acceptors (Lipinski definition) is 7. The van der Waals surface area contributed by atoms with Crippen LogP contribution in [0.2, 0.25) is 0 Å². The lowest BCUT2D eigenvalue weighted by Crippen LogP contribution is -2.42. The zero-order valence-electron chi connectivity index (χ0n) is 14.6. The van der Waals surface area contributed by atoms with E-state index in [0.29, 0.717) is 17.2 Å². The van der Waals surface area contributed by atoms with Crippen LogP contribution >= 0.6 is 0 Å². The van der Waals surface area contributed by atoms with Gasteiger partial charge in [-0.1, -0.05) is 0 Å². The molecule has 134 valence electrons. The summed E-state index contributed by atoms with van der Waals surface area (Å²) in [6, 6.07) is 8.97. The fourth-order valence-electron chi connectivity index (χ4n) is 2.32. The molecule has 0 atom stereocenters. The second-order valence-corrected chi connectivity index (χ2v) is 6.15. The number of carbonyl (C=O) groups is 2. The smallest absolute Gasteiger partial charge is 0.350 e. The number of nitrogens with one attached hydrogen (secondary N) is 1. The molecule has 26 heavy (non-hydrogen) atoms. The molecule has 1 aliphatic rings. The molecule has 2 heterocycles. The van der Waals surface area contributed by atoms with Crippen LogP contribution in [0.1, 0.15) is 19.4 Å². The van der Waals surface area contributed by atoms with Crippen molar-refractivity contribution < 1.29 is 23.8 Å². The highest BCUT2D eigenvalue weighted by molar-refractivity contribution is 6.15. The van der Waals surface area contributed by atoms with Crippen molar-refractivity contribution in [2.75, 3.05) is 5.32 Å². The zero-order valence-corrected chi connectivity index (χ0v) is 14.6. The van der Waals surface area contributed by atoms with Crippen molar-refractivity contribution >= 4 is 17.6 Å². The first kappa shape index (κ1) is 17.5. The largest absolute Gasteiger partial charge is 0.455 e. The van der Waals surface area contributed by atoms with Crippen LogP contribution in [-0.4, -0.2) is 22.7 Å². The van der Waals surface area contributed by atoms with Gasteiger partial charge in [0.2, 0.25) is 0 Å². The Bertz CT molecular complexity index is 853. The Labute approximate surface area is 150 Å². The molecule has 1 aromatic carbocycles. The number of carbonyl (C=O) groups excluding carboxylic acids is 2. The Kier molecular flexibility index (Phi) is 4.62. The first-order valence-electron chi connectivity index (χ1n) is 7.96. The van der Waals surface area contributed by atoms with Crippen LogP contribution < -0.4 is 10.1 Å². The average Bonchev–Trinajstić information content (AvgIpc) is 2.56. The topological polar surface area (TPSA) is 86.8 Å². The Morgan fingerprint density at radius 2 is 1.88 bits per heavy atom. The second-order valence-electron chi connectivity index (χ2n) is 6.15. The maximum atomic E-state index is 11.9. The molecule has 1 N–H and O–H groups in total. The van der Waals surface area contributed by atoms with Gasteiger partial charge in [0.25, 0.3) is 5.79 Å². The zero-order chi connectivity index (χ0) is 18.7. The predicted octanol–water partition coefficient (Wildman–Crippen LogP) is 3.31. The van der Waals surface area contributed by atoms with Crippen molar-refractivity contribution in [2.24, 2.45) is 0 Å². The van der Waals surface area contributed by atoms with Crippen molar-refractivity contribution in [1.29, 1.82) is 0 Å². The molecule has 0 bridgehead atoms. The number of cyclic esters (lactones) is 2. The molecule has 1 saturated heterocycles. The molecule has 0 radical (unpaired) electrons. The third-order valence-corrected chi connectivity index (χ3v) is 3.54. The van der Waals surface area contributed by atoms with Gasteiger partial charge in [0.1, 0.15) is 11.5 Å². The number of hydrogen-bond donors (Lipinski definition) is 1. The SMILES string of the molecule is Cc1cc(NC=C2C(=O)OC(C)(C)OC2=O)ccc1Oc1cccnc1. The van der Waals surface area contributed by atoms with Gasteiger partial charge in [-0.05, 0) is 42.8 Å². The molecule has 0 unspecified atom stereocenters. The van der Waals surface area contributed by atoms with Gasteiger partial charge in [-0.15, -0.1) is 0 Å². The Morgan fingerprint density at radius 3 is 2.50 bits per heavy atom. The summed E-state index contributed by atoms with van der Waals surface area (Å²) in [5.41, 5.74) is 1.35. The number of rotatable bonds is 4. The van der Waals surface area contributed by atoms with Crippen molar-refractivity contribution in [3.63, 3.8) is 0 Å². The number of anilines is 1. The minimum atomic E-state index is -1.26. The minimum absolute atomic E-state index is 0.197. The number of aryl methyl sites for hydroxylation is 1. The van der Waals surface area contributed by atoms with Gasteiger partial charge in [-0.3, -0.25) is 4.98 Å². The minimum Gasteiger partial charge on any atom is -0.455 e. The highest BCUT2D eigenvalue weighted by Crippen LogP contribution is 2.27. The molecule has 1 aliphatic heterocycles. The third-order valence-electron chi connectivity index (χ3n) is 3.54. The van der Waals surface area contributed by atoms with Crippen molar-refractivity contribution in [2.45, 2.75) is 26.6 Å². The Morgan fingerprint density at radius 1 is 1.15 bits per heavy atom. The van der Waals surface area contributed by atoms with E-state index in [1.165, 1.54) is 20.0 Å². The van der Waals surface area contributed by atoms with Crippen LogP contribution in [0.3, 0.4) is 0 Å². The molecule has 0 amide bonds. The quantitative estimate of drug-likeness (QED) is 0.512. The highest BCUT2D eigenvalue weighted by atomic mass is 16.7. The van der Waals surface area contributed by atoms with E-state index in [0.717, 1.165) is 5.56 Å². The third kappa shape index (κ3) is 4.00. The summed E-state index contributed by atoms with van der Waals surface area (Å²) < 4.78 is 15.8. The lowest BCUT2D eigenvalue weighted by Gasteiger charge is -2.29. The van der Waals surface area contributed by atoms with Gasteiger partial charge in [0.05, 0.1) is 6.20 Å². The highest BCUT2D eigenvalue weighted by Gasteiger charge is 2.38. The summed E-state index contributed by atoms with van der Waals surface area (Å²) in [6.07, 6.45) is 4.57. The van der Waals surface area contributed by atoms with E-state index in [9.17, 15) is 9.59 Å². The molecule has 0 saturated carbocycles. The average molecular weight is 354 g/mol. The monoisotopic (exact) mass is 354 g/mol. The number of esters is 2. The summed E-state index contributed by atoms with van der Waals surface area (Å²) in [6.45, 7) is 4.88. The van der Waals surface area contributed by atoms with E-state index >= 15 is 0 Å². The van der Waals surface area contributed by atoms with Gasteiger partial charge in [-0.25, -0.2) is 9.59 Å². The molecule has 3 rings (SSSR count). The first-order chi connectivity index (χ1) is 12.3. The second kappa shape index (κ2) is 6.87. The van der Waals surface area contributed by atoms with Gasteiger partial charge in [0, 0.05) is 31.9 Å². The van der Waals surface area contributed by atoms with E-state index in [2.05, 4.69) is 10.3 Å². The first-order valence-corrected chi connectivity index (χ1v) is 7.96. The fourth-order valence-corrected chi connectivity index (χ4v) is 2.32. The van der Waals surface area contributed by atoms with Crippen LogP contribution in [-0.2, 0) is 19.1 Å². The lowest BCUT2D eigenvalue weighted by atomic mass is 10.2. The summed E-state index contributed by atoms with van der Waals surface area (Å²) in [4.78, 5) is 27.8. The molecule has 1 fully saturated rings. The van der Waals surface area contributed by atoms with Crippen LogP contribution in [0, 0.1) is 6.92 Å². The predicted molar refractivity (Wildman–Crippen MR) is 93.5 cm³/mol. The van der Waals surface area contributed by atoms with E-state index in [-0.39, 0.29) is 5.57 Å². The van der Waals surface area contributed by atoms with Crippen LogP contribution in [0.5, 0.6) is 11.5 Å². The summed E-state index contributed by atoms with van der Waals surface area (Å²) in [5.74, 6) is -1.41. The van der Waals surface area contributed by atoms with E-state index < -0.39 is 17.7 Å². The van der Waals surface area contributed by atoms with Gasteiger partial charge in [0.15, 0.2) is 5.57 Å².